The Morgan fingerprint density at radius 1 is 1.09 bits per heavy atom. The van der Waals surface area contributed by atoms with Crippen molar-refractivity contribution in [1.29, 1.82) is 0 Å². The maximum Gasteiger partial charge on any atom is 0.573 e. The molecular weight excluding hydrogens is 425 g/mol. The smallest absolute Gasteiger partial charge is 0.406 e. The minimum absolute atomic E-state index is 0.172. The van der Waals surface area contributed by atoms with Gasteiger partial charge in [-0.3, -0.25) is 4.79 Å². The minimum Gasteiger partial charge on any atom is -0.406 e. The summed E-state index contributed by atoms with van der Waals surface area (Å²) in [6.45, 7) is 0.229. The minimum atomic E-state index is -4.78. The molecule has 4 aromatic rings. The maximum atomic E-state index is 13.0. The predicted octanol–water partition coefficient (Wildman–Crippen LogP) is 4.70. The van der Waals surface area contributed by atoms with Crippen LogP contribution >= 0.6 is 0 Å². The van der Waals surface area contributed by atoms with Crippen molar-refractivity contribution >= 4 is 5.91 Å². The van der Waals surface area contributed by atoms with Gasteiger partial charge in [0.15, 0.2) is 5.69 Å². The number of benzene rings is 2. The molecule has 0 spiro atoms. The Bertz CT molecular complexity index is 1190. The van der Waals surface area contributed by atoms with Crippen LogP contribution in [0.4, 0.5) is 13.2 Å². The number of carbonyl (C=O) groups is 1. The van der Waals surface area contributed by atoms with Gasteiger partial charge in [0.2, 0.25) is 0 Å². The molecule has 0 atom stereocenters. The summed E-state index contributed by atoms with van der Waals surface area (Å²) in [5, 5.41) is 8.23. The van der Waals surface area contributed by atoms with E-state index >= 15 is 0 Å². The quantitative estimate of drug-likeness (QED) is 0.433. The zero-order chi connectivity index (χ0) is 22.7. The van der Waals surface area contributed by atoms with Gasteiger partial charge in [0.1, 0.15) is 17.7 Å². The fourth-order valence-electron chi connectivity index (χ4n) is 3.12. The first kappa shape index (κ1) is 21.2. The summed E-state index contributed by atoms with van der Waals surface area (Å²) in [6, 6.07) is 17.8. The lowest BCUT2D eigenvalue weighted by Gasteiger charge is -2.13. The Morgan fingerprint density at radius 3 is 2.44 bits per heavy atom. The summed E-state index contributed by atoms with van der Waals surface area (Å²) in [7, 11) is 1.61. The lowest BCUT2D eigenvalue weighted by molar-refractivity contribution is -0.274. The van der Waals surface area contributed by atoms with Gasteiger partial charge in [-0.2, -0.15) is 5.10 Å². The number of nitrogens with zero attached hydrogens (tertiary/aromatic N) is 4. The van der Waals surface area contributed by atoms with Gasteiger partial charge in [-0.1, -0.05) is 35.5 Å². The molecule has 4 rings (SSSR count). The molecular formula is C22H17F3N4O3. The van der Waals surface area contributed by atoms with Gasteiger partial charge >= 0.3 is 6.36 Å². The Labute approximate surface area is 180 Å². The standard InChI is InChI=1S/C22H17F3N4O3/c1-28(14-16-11-12-31-27-16)21(30)19-13-20(15-5-3-2-4-6-15)29(26-19)17-7-9-18(10-8-17)32-22(23,24)25/h2-13H,14H2,1H3. The average molecular weight is 442 g/mol. The van der Waals surface area contributed by atoms with Crippen LogP contribution in [0.15, 0.2) is 77.5 Å². The Hall–Kier alpha value is -4.08. The number of aromatic nitrogens is 3. The van der Waals surface area contributed by atoms with Gasteiger partial charge in [0, 0.05) is 18.7 Å². The van der Waals surface area contributed by atoms with Crippen LogP contribution in [0.2, 0.25) is 0 Å². The summed E-state index contributed by atoms with van der Waals surface area (Å²) in [5.41, 5.74) is 2.62. The van der Waals surface area contributed by atoms with E-state index in [1.54, 1.807) is 19.2 Å². The van der Waals surface area contributed by atoms with Crippen molar-refractivity contribution in [3.8, 4) is 22.7 Å². The molecule has 2 heterocycles. The first-order valence-electron chi connectivity index (χ1n) is 9.46. The predicted molar refractivity (Wildman–Crippen MR) is 108 cm³/mol. The van der Waals surface area contributed by atoms with E-state index in [0.29, 0.717) is 17.1 Å². The van der Waals surface area contributed by atoms with Crippen molar-refractivity contribution in [2.24, 2.45) is 0 Å². The maximum absolute atomic E-state index is 13.0. The second-order valence-corrected chi connectivity index (χ2v) is 6.89. The van der Waals surface area contributed by atoms with Crippen LogP contribution in [0.25, 0.3) is 16.9 Å². The largest absolute Gasteiger partial charge is 0.573 e. The van der Waals surface area contributed by atoms with Crippen molar-refractivity contribution < 1.29 is 27.2 Å². The highest BCUT2D eigenvalue weighted by Gasteiger charge is 2.31. The van der Waals surface area contributed by atoms with Crippen LogP contribution in [-0.2, 0) is 6.54 Å². The number of hydrogen-bond donors (Lipinski definition) is 0. The van der Waals surface area contributed by atoms with E-state index in [2.05, 4.69) is 15.0 Å². The fourth-order valence-corrected chi connectivity index (χ4v) is 3.12. The highest BCUT2D eigenvalue weighted by Crippen LogP contribution is 2.27. The van der Waals surface area contributed by atoms with Gasteiger partial charge in [-0.25, -0.2) is 4.68 Å². The fraction of sp³-hybridized carbons (Fsp3) is 0.136. The molecule has 10 heteroatoms. The average Bonchev–Trinajstić information content (AvgIpc) is 3.43. The van der Waals surface area contributed by atoms with Crippen molar-refractivity contribution in [3.05, 3.63) is 84.4 Å². The van der Waals surface area contributed by atoms with Crippen LogP contribution in [0.1, 0.15) is 16.2 Å². The van der Waals surface area contributed by atoms with Gasteiger partial charge in [0.05, 0.1) is 17.9 Å². The molecule has 0 radical (unpaired) electrons. The molecule has 0 N–H and O–H groups in total. The molecule has 0 aliphatic rings. The van der Waals surface area contributed by atoms with Crippen molar-refractivity contribution in [1.82, 2.24) is 19.8 Å². The summed E-state index contributed by atoms with van der Waals surface area (Å²) in [4.78, 5) is 14.4. The number of hydrogen-bond acceptors (Lipinski definition) is 5. The second-order valence-electron chi connectivity index (χ2n) is 6.89. The monoisotopic (exact) mass is 442 g/mol. The lowest BCUT2D eigenvalue weighted by Crippen LogP contribution is -2.26. The van der Waals surface area contributed by atoms with Crippen LogP contribution in [0.5, 0.6) is 5.75 Å². The van der Waals surface area contributed by atoms with Crippen LogP contribution < -0.4 is 4.74 Å². The van der Waals surface area contributed by atoms with Crippen molar-refractivity contribution in [2.45, 2.75) is 12.9 Å². The van der Waals surface area contributed by atoms with E-state index < -0.39 is 6.36 Å². The number of amides is 1. The first-order chi connectivity index (χ1) is 15.3. The molecule has 164 valence electrons. The van der Waals surface area contributed by atoms with Crippen LogP contribution in [-0.4, -0.2) is 39.2 Å². The van der Waals surface area contributed by atoms with E-state index in [9.17, 15) is 18.0 Å². The highest BCUT2D eigenvalue weighted by molar-refractivity contribution is 5.93. The van der Waals surface area contributed by atoms with Gasteiger partial charge in [-0.15, -0.1) is 13.2 Å². The van der Waals surface area contributed by atoms with E-state index in [-0.39, 0.29) is 23.9 Å². The van der Waals surface area contributed by atoms with Gasteiger partial charge in [0.25, 0.3) is 5.91 Å². The van der Waals surface area contributed by atoms with E-state index in [1.807, 2.05) is 30.3 Å². The summed E-state index contributed by atoms with van der Waals surface area (Å²) >= 11 is 0. The zero-order valence-electron chi connectivity index (χ0n) is 16.8. The molecule has 7 nitrogen and oxygen atoms in total. The molecule has 0 saturated heterocycles. The third-order valence-electron chi connectivity index (χ3n) is 4.55. The SMILES string of the molecule is CN(Cc1ccon1)C(=O)c1cc(-c2ccccc2)n(-c2ccc(OC(F)(F)F)cc2)n1. The van der Waals surface area contributed by atoms with Gasteiger partial charge < -0.3 is 14.2 Å². The first-order valence-corrected chi connectivity index (χ1v) is 9.46. The van der Waals surface area contributed by atoms with Crippen LogP contribution in [0, 0.1) is 0 Å². The van der Waals surface area contributed by atoms with E-state index in [1.165, 1.54) is 40.1 Å². The zero-order valence-corrected chi connectivity index (χ0v) is 16.8. The summed E-state index contributed by atoms with van der Waals surface area (Å²) < 4.78 is 47.6. The normalized spacial score (nSPS) is 11.4. The topological polar surface area (TPSA) is 73.4 Å². The van der Waals surface area contributed by atoms with Crippen molar-refractivity contribution in [2.75, 3.05) is 7.05 Å². The number of ether oxygens (including phenoxy) is 1. The Balaban J connectivity index is 1.68. The molecule has 1 amide bonds. The molecule has 0 aliphatic heterocycles. The molecule has 0 fully saturated rings. The van der Waals surface area contributed by atoms with Crippen LogP contribution in [0.3, 0.4) is 0 Å². The highest BCUT2D eigenvalue weighted by atomic mass is 19.4. The molecule has 0 saturated carbocycles. The molecule has 2 aromatic carbocycles. The lowest BCUT2D eigenvalue weighted by atomic mass is 10.1. The Kier molecular flexibility index (Phi) is 5.67. The third-order valence-corrected chi connectivity index (χ3v) is 4.55. The molecule has 2 aromatic heterocycles. The number of carbonyl (C=O) groups excluding carboxylic acids is 1. The van der Waals surface area contributed by atoms with Gasteiger partial charge in [-0.05, 0) is 30.3 Å². The number of halogens is 3. The molecule has 0 bridgehead atoms. The van der Waals surface area contributed by atoms with Crippen molar-refractivity contribution in [3.63, 3.8) is 0 Å². The second kappa shape index (κ2) is 8.58. The molecule has 32 heavy (non-hydrogen) atoms. The number of rotatable bonds is 6. The Morgan fingerprint density at radius 2 is 1.81 bits per heavy atom. The molecule has 0 unspecified atom stereocenters. The summed E-state index contributed by atoms with van der Waals surface area (Å²) in [6.07, 6.45) is -3.36. The number of alkyl halides is 3. The third kappa shape index (κ3) is 4.80. The summed E-state index contributed by atoms with van der Waals surface area (Å²) in [5.74, 6) is -0.695. The van der Waals surface area contributed by atoms with E-state index in [0.717, 1.165) is 5.56 Å². The van der Waals surface area contributed by atoms with E-state index in [4.69, 9.17) is 4.52 Å². The molecule has 0 aliphatic carbocycles.